The summed E-state index contributed by atoms with van der Waals surface area (Å²) in [5, 5.41) is 20.4. The number of allylic oxidation sites excluding steroid dienone is 2. The molecule has 0 saturated heterocycles. The molecule has 0 heterocycles. The van der Waals surface area contributed by atoms with Crippen LogP contribution in [0, 0.1) is 35.5 Å². The summed E-state index contributed by atoms with van der Waals surface area (Å²) in [5.74, 6) is -2.37. The molecule has 25 heavy (non-hydrogen) atoms. The van der Waals surface area contributed by atoms with Crippen molar-refractivity contribution >= 4 is 46.4 Å². The number of methoxy groups -OCH3 is 2. The first-order valence-corrected chi connectivity index (χ1v) is 9.77. The number of fused-ring (bicyclic) bond motifs is 3. The molecule has 0 aliphatic heterocycles. The number of hydrogen-bond acceptors (Lipinski definition) is 4. The molecule has 0 radical (unpaired) electrons. The Morgan fingerprint density at radius 3 is 1.52 bits per heavy atom. The highest BCUT2D eigenvalue weighted by atomic mass is 35.5. The van der Waals surface area contributed by atoms with Crippen LogP contribution in [0.1, 0.15) is 0 Å². The van der Waals surface area contributed by atoms with Gasteiger partial charge in [-0.25, -0.2) is 0 Å². The van der Waals surface area contributed by atoms with E-state index < -0.39 is 15.5 Å². The smallest absolute Gasteiger partial charge is 0.217 e. The van der Waals surface area contributed by atoms with Crippen LogP contribution in [-0.4, -0.2) is 53.2 Å². The first-order valence-electron chi connectivity index (χ1n) is 8.26. The van der Waals surface area contributed by atoms with Crippen LogP contribution in [0.3, 0.4) is 0 Å². The summed E-state index contributed by atoms with van der Waals surface area (Å²) in [5.41, 5.74) is 0. The molecule has 0 aromatic rings. The summed E-state index contributed by atoms with van der Waals surface area (Å²) in [6, 6.07) is 0. The topological polar surface area (TPSA) is 58.9 Å². The zero-order valence-electron chi connectivity index (χ0n) is 13.8. The summed E-state index contributed by atoms with van der Waals surface area (Å²) in [6.45, 7) is -0.103. The minimum atomic E-state index is -1.43. The van der Waals surface area contributed by atoms with Gasteiger partial charge in [-0.15, -0.1) is 23.2 Å². The molecule has 0 unspecified atom stereocenters. The lowest BCUT2D eigenvalue weighted by Gasteiger charge is -2.56. The van der Waals surface area contributed by atoms with Gasteiger partial charge in [0.05, 0.1) is 10.1 Å². The van der Waals surface area contributed by atoms with E-state index in [9.17, 15) is 10.2 Å². The Morgan fingerprint density at radius 1 is 0.880 bits per heavy atom. The zero-order valence-corrected chi connectivity index (χ0v) is 16.8. The molecule has 0 spiro atoms. The van der Waals surface area contributed by atoms with Gasteiger partial charge in [0.15, 0.2) is 0 Å². The normalized spacial score (nSPS) is 52.2. The van der Waals surface area contributed by atoms with Gasteiger partial charge in [-0.2, -0.15) is 0 Å². The van der Waals surface area contributed by atoms with Crippen LogP contribution in [0.2, 0.25) is 0 Å². The quantitative estimate of drug-likeness (QED) is 0.409. The minimum absolute atomic E-state index is 0.0514. The van der Waals surface area contributed by atoms with Crippen LogP contribution in [0.25, 0.3) is 0 Å². The molecule has 4 nitrogen and oxygen atoms in total. The molecule has 2 fully saturated rings. The predicted molar refractivity (Wildman–Crippen MR) is 96.9 cm³/mol. The van der Waals surface area contributed by atoms with E-state index in [-0.39, 0.29) is 58.8 Å². The van der Waals surface area contributed by atoms with E-state index in [2.05, 4.69) is 12.2 Å². The Balaban J connectivity index is 1.99. The van der Waals surface area contributed by atoms with E-state index >= 15 is 0 Å². The third-order valence-electron chi connectivity index (χ3n) is 7.02. The number of alkyl halides is 2. The van der Waals surface area contributed by atoms with Crippen LogP contribution in [-0.2, 0) is 9.47 Å². The highest BCUT2D eigenvalue weighted by molar-refractivity contribution is 6.52. The molecule has 5 rings (SSSR count). The van der Waals surface area contributed by atoms with Crippen molar-refractivity contribution in [2.75, 3.05) is 27.4 Å². The van der Waals surface area contributed by atoms with Crippen molar-refractivity contribution in [2.24, 2.45) is 35.5 Å². The largest absolute Gasteiger partial charge is 0.396 e. The number of aliphatic hydroxyl groups is 2. The number of rotatable bonds is 4. The van der Waals surface area contributed by atoms with Gasteiger partial charge in [-0.05, 0) is 23.7 Å². The number of ether oxygens (including phenoxy) is 2. The second-order valence-electron chi connectivity index (χ2n) is 7.36. The number of halogens is 4. The van der Waals surface area contributed by atoms with Crippen molar-refractivity contribution in [3.8, 4) is 0 Å². The summed E-state index contributed by atoms with van der Waals surface area (Å²) in [7, 11) is 2.97. The molecule has 5 aliphatic rings. The van der Waals surface area contributed by atoms with Crippen molar-refractivity contribution in [2.45, 2.75) is 15.5 Å². The third-order valence-corrected chi connectivity index (χ3v) is 9.66. The Kier molecular flexibility index (Phi) is 4.32. The van der Waals surface area contributed by atoms with Crippen LogP contribution in [0.15, 0.2) is 22.2 Å². The van der Waals surface area contributed by atoms with Crippen LogP contribution >= 0.6 is 46.4 Å². The molecule has 2 saturated carbocycles. The summed E-state index contributed by atoms with van der Waals surface area (Å²) in [6.07, 6.45) is 4.11. The molecule has 4 bridgehead atoms. The Morgan fingerprint density at radius 2 is 1.24 bits per heavy atom. The van der Waals surface area contributed by atoms with E-state index in [4.69, 9.17) is 55.9 Å². The molecular formula is C17H20Cl4O4. The lowest BCUT2D eigenvalue weighted by molar-refractivity contribution is -0.221. The summed E-state index contributed by atoms with van der Waals surface area (Å²) in [4.78, 5) is -2.52. The second kappa shape index (κ2) is 5.74. The van der Waals surface area contributed by atoms with Gasteiger partial charge in [-0.1, -0.05) is 35.4 Å². The highest BCUT2D eigenvalue weighted by Crippen LogP contribution is 2.79. The van der Waals surface area contributed by atoms with E-state index in [0.29, 0.717) is 0 Å². The monoisotopic (exact) mass is 428 g/mol. The average Bonchev–Trinajstić information content (AvgIpc) is 2.91. The fourth-order valence-corrected chi connectivity index (χ4v) is 8.49. The molecule has 5 aliphatic carbocycles. The number of aliphatic hydroxyl groups excluding tert-OH is 2. The maximum Gasteiger partial charge on any atom is 0.217 e. The Hall–Kier alpha value is 0.480. The second-order valence-corrected chi connectivity index (χ2v) is 9.31. The fourth-order valence-electron chi connectivity index (χ4n) is 6.19. The first kappa shape index (κ1) is 18.8. The molecule has 0 amide bonds. The molecule has 2 N–H and O–H groups in total. The van der Waals surface area contributed by atoms with Gasteiger partial charge in [-0.3, -0.25) is 0 Å². The van der Waals surface area contributed by atoms with Crippen molar-refractivity contribution in [1.29, 1.82) is 0 Å². The van der Waals surface area contributed by atoms with E-state index in [1.165, 1.54) is 14.2 Å². The van der Waals surface area contributed by atoms with Crippen molar-refractivity contribution in [1.82, 2.24) is 0 Å². The van der Waals surface area contributed by atoms with E-state index in [1.54, 1.807) is 0 Å². The van der Waals surface area contributed by atoms with Gasteiger partial charge in [0.1, 0.15) is 9.75 Å². The standard InChI is InChI=1S/C17H20Cl4O4/c1-24-17(25-2)15(20)11-7-3-4-8(10(6-23)9(7)5-22)12(11)16(17,21)14(19)13(15)18/h3-4,7-12,22-23H,5-6H2,1-2H3/t7-,8+,9-,10-,11-,12+,15-,16+/m1/s1. The van der Waals surface area contributed by atoms with E-state index in [1.807, 2.05) is 0 Å². The SMILES string of the molecule is COC1(OC)[C@@]2(Cl)C(Cl)=C(Cl)[C@]1(Cl)[C@@H]1[C@@H]3C=C[C@@H]([C@@H](CO)[C@@H]3CO)[C@@H]12. The predicted octanol–water partition coefficient (Wildman–Crippen LogP) is 2.91. The van der Waals surface area contributed by atoms with Gasteiger partial charge in [0, 0.05) is 39.3 Å². The van der Waals surface area contributed by atoms with Gasteiger partial charge in [0.2, 0.25) is 5.79 Å². The molecule has 140 valence electrons. The molecule has 8 heteroatoms. The third kappa shape index (κ3) is 1.69. The van der Waals surface area contributed by atoms with Crippen molar-refractivity contribution < 1.29 is 19.7 Å². The summed E-state index contributed by atoms with van der Waals surface area (Å²) < 4.78 is 11.6. The maximum atomic E-state index is 9.96. The van der Waals surface area contributed by atoms with Crippen molar-refractivity contribution in [3.05, 3.63) is 22.2 Å². The Bertz CT molecular complexity index is 613. The molecule has 0 aromatic carbocycles. The van der Waals surface area contributed by atoms with E-state index in [0.717, 1.165) is 0 Å². The minimum Gasteiger partial charge on any atom is -0.396 e. The summed E-state index contributed by atoms with van der Waals surface area (Å²) >= 11 is 27.5. The van der Waals surface area contributed by atoms with Gasteiger partial charge >= 0.3 is 0 Å². The van der Waals surface area contributed by atoms with Crippen LogP contribution in [0.4, 0.5) is 0 Å². The first-order chi connectivity index (χ1) is 11.8. The van der Waals surface area contributed by atoms with Crippen LogP contribution in [0.5, 0.6) is 0 Å². The fraction of sp³-hybridized carbons (Fsp3) is 0.765. The lowest BCUT2D eigenvalue weighted by atomic mass is 9.51. The Labute approximate surface area is 166 Å². The number of hydrogen-bond donors (Lipinski definition) is 2. The molecular weight excluding hydrogens is 410 g/mol. The van der Waals surface area contributed by atoms with Crippen molar-refractivity contribution in [3.63, 3.8) is 0 Å². The molecule has 0 aromatic heterocycles. The van der Waals surface area contributed by atoms with Crippen LogP contribution < -0.4 is 0 Å². The lowest BCUT2D eigenvalue weighted by Crippen LogP contribution is -2.57. The average molecular weight is 430 g/mol. The zero-order chi connectivity index (χ0) is 18.4. The maximum absolute atomic E-state index is 9.96. The van der Waals surface area contributed by atoms with Gasteiger partial charge in [0.25, 0.3) is 0 Å². The molecule has 8 atom stereocenters. The highest BCUT2D eigenvalue weighted by Gasteiger charge is 2.87. The van der Waals surface area contributed by atoms with Gasteiger partial charge < -0.3 is 19.7 Å².